The third kappa shape index (κ3) is 2.94. The number of rotatable bonds is 0. The summed E-state index contributed by atoms with van der Waals surface area (Å²) < 4.78 is 0. The molecular formula is C13H12N2SSi. The summed E-state index contributed by atoms with van der Waals surface area (Å²) in [6.07, 6.45) is 1.61. The van der Waals surface area contributed by atoms with Crippen molar-refractivity contribution in [3.8, 4) is 17.5 Å². The lowest BCUT2D eigenvalue weighted by atomic mass is 10.2. The predicted octanol–water partition coefficient (Wildman–Crippen LogP) is 3.40. The molecule has 0 aliphatic heterocycles. The Kier molecular flexibility index (Phi) is 3.02. The summed E-state index contributed by atoms with van der Waals surface area (Å²) in [7, 11) is -1.33. The number of nitrogens with zero attached hydrogens (tertiary/aromatic N) is 2. The van der Waals surface area contributed by atoms with Crippen molar-refractivity contribution < 1.29 is 0 Å². The summed E-state index contributed by atoms with van der Waals surface area (Å²) in [6.45, 7) is 6.66. The van der Waals surface area contributed by atoms with Gasteiger partial charge < -0.3 is 0 Å². The Morgan fingerprint density at radius 3 is 2.71 bits per heavy atom. The molecule has 4 heteroatoms. The molecule has 0 saturated heterocycles. The fourth-order valence-corrected chi connectivity index (χ4v) is 2.74. The highest BCUT2D eigenvalue weighted by molar-refractivity contribution is 7.19. The van der Waals surface area contributed by atoms with Gasteiger partial charge in [0.05, 0.1) is 10.4 Å². The van der Waals surface area contributed by atoms with E-state index in [1.807, 2.05) is 12.1 Å². The minimum atomic E-state index is -1.33. The van der Waals surface area contributed by atoms with Crippen molar-refractivity contribution in [3.05, 3.63) is 28.8 Å². The molecule has 2 nitrogen and oxygen atoms in total. The Morgan fingerprint density at radius 1 is 1.29 bits per heavy atom. The van der Waals surface area contributed by atoms with E-state index in [1.165, 1.54) is 0 Å². The van der Waals surface area contributed by atoms with Crippen LogP contribution in [-0.2, 0) is 0 Å². The van der Waals surface area contributed by atoms with Crippen molar-refractivity contribution in [2.24, 2.45) is 0 Å². The Hall–Kier alpha value is -1.62. The van der Waals surface area contributed by atoms with Gasteiger partial charge in [-0.2, -0.15) is 5.26 Å². The van der Waals surface area contributed by atoms with Crippen LogP contribution in [0.1, 0.15) is 10.4 Å². The maximum Gasteiger partial charge on any atom is 0.129 e. The SMILES string of the molecule is C[Si](C)(C)C#Cc1cc2cc(C#N)cnc2s1. The molecule has 0 bridgehead atoms. The van der Waals surface area contributed by atoms with Crippen LogP contribution in [0.3, 0.4) is 0 Å². The lowest BCUT2D eigenvalue weighted by molar-refractivity contribution is 1.39. The highest BCUT2D eigenvalue weighted by atomic mass is 32.1. The van der Waals surface area contributed by atoms with Crippen LogP contribution in [0.15, 0.2) is 18.3 Å². The first kappa shape index (κ1) is 11.9. The summed E-state index contributed by atoms with van der Waals surface area (Å²) in [4.78, 5) is 6.24. The molecule has 0 amide bonds. The van der Waals surface area contributed by atoms with E-state index in [0.717, 1.165) is 15.1 Å². The first-order valence-corrected chi connectivity index (χ1v) is 9.62. The van der Waals surface area contributed by atoms with Crippen molar-refractivity contribution in [1.82, 2.24) is 4.98 Å². The topological polar surface area (TPSA) is 36.7 Å². The number of fused-ring (bicyclic) bond motifs is 1. The molecule has 2 aromatic rings. The van der Waals surface area contributed by atoms with Gasteiger partial charge in [0, 0.05) is 11.6 Å². The number of aromatic nitrogens is 1. The zero-order valence-electron chi connectivity index (χ0n) is 10.0. The van der Waals surface area contributed by atoms with Gasteiger partial charge in [-0.05, 0) is 12.1 Å². The second-order valence-electron chi connectivity index (χ2n) is 4.84. The van der Waals surface area contributed by atoms with Gasteiger partial charge in [-0.25, -0.2) is 4.98 Å². The third-order valence-electron chi connectivity index (χ3n) is 2.06. The van der Waals surface area contributed by atoms with Crippen molar-refractivity contribution in [3.63, 3.8) is 0 Å². The molecule has 0 unspecified atom stereocenters. The van der Waals surface area contributed by atoms with Crippen LogP contribution in [0.25, 0.3) is 10.2 Å². The minimum absolute atomic E-state index is 0.597. The average molecular weight is 256 g/mol. The molecule has 0 fully saturated rings. The minimum Gasteiger partial charge on any atom is -0.244 e. The number of pyridine rings is 1. The second-order valence-corrected chi connectivity index (χ2v) is 10.6. The maximum atomic E-state index is 8.80. The zero-order chi connectivity index (χ0) is 12.5. The van der Waals surface area contributed by atoms with Crippen molar-refractivity contribution in [2.75, 3.05) is 0 Å². The summed E-state index contributed by atoms with van der Waals surface area (Å²) in [5, 5.41) is 9.81. The van der Waals surface area contributed by atoms with Crippen LogP contribution in [0, 0.1) is 22.8 Å². The molecule has 0 aliphatic rings. The highest BCUT2D eigenvalue weighted by Gasteiger charge is 2.08. The van der Waals surface area contributed by atoms with Gasteiger partial charge in [0.1, 0.15) is 19.0 Å². The Labute approximate surface area is 106 Å². The van der Waals surface area contributed by atoms with E-state index in [0.29, 0.717) is 5.56 Å². The lowest BCUT2D eigenvalue weighted by Crippen LogP contribution is -2.16. The van der Waals surface area contributed by atoms with Crippen LogP contribution in [0.4, 0.5) is 0 Å². The number of hydrogen-bond acceptors (Lipinski definition) is 3. The van der Waals surface area contributed by atoms with E-state index >= 15 is 0 Å². The first-order chi connectivity index (χ1) is 7.98. The Bertz CT molecular complexity index is 663. The summed E-state index contributed by atoms with van der Waals surface area (Å²) in [5.74, 6) is 3.22. The smallest absolute Gasteiger partial charge is 0.129 e. The molecule has 2 rings (SSSR count). The van der Waals surface area contributed by atoms with Gasteiger partial charge in [-0.3, -0.25) is 0 Å². The van der Waals surface area contributed by atoms with Crippen LogP contribution < -0.4 is 0 Å². The second kappa shape index (κ2) is 4.33. The largest absolute Gasteiger partial charge is 0.244 e. The fourth-order valence-electron chi connectivity index (χ4n) is 1.30. The molecule has 2 aromatic heterocycles. The molecule has 0 saturated carbocycles. The summed E-state index contributed by atoms with van der Waals surface area (Å²) in [5.41, 5.74) is 3.93. The molecule has 0 aliphatic carbocycles. The molecule has 84 valence electrons. The molecule has 0 atom stereocenters. The molecular weight excluding hydrogens is 244 g/mol. The fraction of sp³-hybridized carbons (Fsp3) is 0.231. The van der Waals surface area contributed by atoms with E-state index < -0.39 is 8.07 Å². The Morgan fingerprint density at radius 2 is 2.06 bits per heavy atom. The van der Waals surface area contributed by atoms with Crippen molar-refractivity contribution >= 4 is 29.6 Å². The van der Waals surface area contributed by atoms with Gasteiger partial charge in [0.2, 0.25) is 0 Å². The van der Waals surface area contributed by atoms with Gasteiger partial charge in [0.25, 0.3) is 0 Å². The van der Waals surface area contributed by atoms with Crippen molar-refractivity contribution in [1.29, 1.82) is 5.26 Å². The monoisotopic (exact) mass is 256 g/mol. The van der Waals surface area contributed by atoms with E-state index in [-0.39, 0.29) is 0 Å². The number of thiophene rings is 1. The predicted molar refractivity (Wildman–Crippen MR) is 74.6 cm³/mol. The summed E-state index contributed by atoms with van der Waals surface area (Å²) in [6, 6.07) is 5.97. The molecule has 0 aromatic carbocycles. The highest BCUT2D eigenvalue weighted by Crippen LogP contribution is 2.23. The van der Waals surface area contributed by atoms with E-state index in [2.05, 4.69) is 42.2 Å². The van der Waals surface area contributed by atoms with Crippen LogP contribution >= 0.6 is 11.3 Å². The van der Waals surface area contributed by atoms with Crippen molar-refractivity contribution in [2.45, 2.75) is 19.6 Å². The molecule has 17 heavy (non-hydrogen) atoms. The van der Waals surface area contributed by atoms with Crippen LogP contribution in [0.5, 0.6) is 0 Å². The molecule has 2 heterocycles. The quantitative estimate of drug-likeness (QED) is 0.535. The van der Waals surface area contributed by atoms with Crippen LogP contribution in [-0.4, -0.2) is 13.1 Å². The molecule has 0 radical (unpaired) electrons. The number of nitriles is 1. The van der Waals surface area contributed by atoms with E-state index in [4.69, 9.17) is 5.26 Å². The van der Waals surface area contributed by atoms with E-state index in [1.54, 1.807) is 17.5 Å². The zero-order valence-corrected chi connectivity index (χ0v) is 11.9. The standard InChI is InChI=1S/C13H12N2SSi/c1-17(2,3)5-4-12-7-11-6-10(8-14)9-15-13(11)16-12/h6-7,9H,1-3H3. The van der Waals surface area contributed by atoms with Gasteiger partial charge >= 0.3 is 0 Å². The normalized spacial score (nSPS) is 10.7. The maximum absolute atomic E-state index is 8.80. The van der Waals surface area contributed by atoms with Gasteiger partial charge in [-0.1, -0.05) is 25.6 Å². The average Bonchev–Trinajstić information content (AvgIpc) is 2.66. The first-order valence-electron chi connectivity index (χ1n) is 5.31. The summed E-state index contributed by atoms with van der Waals surface area (Å²) >= 11 is 1.59. The van der Waals surface area contributed by atoms with E-state index in [9.17, 15) is 0 Å². The number of hydrogen-bond donors (Lipinski definition) is 0. The molecule has 0 N–H and O–H groups in total. The van der Waals surface area contributed by atoms with Gasteiger partial charge in [0.15, 0.2) is 0 Å². The lowest BCUT2D eigenvalue weighted by Gasteiger charge is -2.02. The van der Waals surface area contributed by atoms with Gasteiger partial charge in [-0.15, -0.1) is 16.9 Å². The van der Waals surface area contributed by atoms with Crippen LogP contribution in [0.2, 0.25) is 19.6 Å². The third-order valence-corrected chi connectivity index (χ3v) is 3.91. The Balaban J connectivity index is 2.45. The molecule has 0 spiro atoms.